The van der Waals surface area contributed by atoms with Gasteiger partial charge in [-0.1, -0.05) is 6.07 Å². The lowest BCUT2D eigenvalue weighted by molar-refractivity contribution is 0.313. The Morgan fingerprint density at radius 3 is 2.37 bits per heavy atom. The Hall–Kier alpha value is -3.98. The van der Waals surface area contributed by atoms with Gasteiger partial charge in [0.15, 0.2) is 11.6 Å². The van der Waals surface area contributed by atoms with Gasteiger partial charge in [0, 0.05) is 54.7 Å². The zero-order valence-corrected chi connectivity index (χ0v) is 21.8. The minimum absolute atomic E-state index is 0.185. The Bertz CT molecular complexity index is 1590. The summed E-state index contributed by atoms with van der Waals surface area (Å²) in [5.41, 5.74) is 4.67. The van der Waals surface area contributed by atoms with Gasteiger partial charge < -0.3 is 15.1 Å². The third kappa shape index (κ3) is 4.69. The van der Waals surface area contributed by atoms with Crippen molar-refractivity contribution in [3.8, 4) is 0 Å². The number of nitrogens with zero attached hydrogens (tertiary/aromatic N) is 5. The Morgan fingerprint density at radius 1 is 0.868 bits per heavy atom. The van der Waals surface area contributed by atoms with E-state index >= 15 is 0 Å². The molecule has 2 N–H and O–H groups in total. The molecule has 6 rings (SSSR count). The summed E-state index contributed by atoms with van der Waals surface area (Å²) in [6.45, 7) is 8.38. The molecule has 0 unspecified atom stereocenters. The van der Waals surface area contributed by atoms with Crippen LogP contribution < -0.4 is 10.2 Å². The van der Waals surface area contributed by atoms with Crippen molar-refractivity contribution in [1.82, 2.24) is 24.9 Å². The van der Waals surface area contributed by atoms with E-state index in [9.17, 15) is 8.78 Å². The van der Waals surface area contributed by atoms with E-state index in [1.807, 2.05) is 18.2 Å². The van der Waals surface area contributed by atoms with Crippen LogP contribution in [-0.2, 0) is 6.42 Å². The molecule has 1 aliphatic heterocycles. The van der Waals surface area contributed by atoms with Crippen molar-refractivity contribution in [2.24, 2.45) is 0 Å². The molecule has 0 spiro atoms. The van der Waals surface area contributed by atoms with Gasteiger partial charge in [-0.25, -0.2) is 8.78 Å². The molecule has 0 bridgehead atoms. The minimum Gasteiger partial charge on any atom is -0.369 e. The standard InChI is InChI=1S/C29H31F2N7/c1-18(2)38-27-17-23(37-10-8-36(3)9-11-37)5-6-24(27)29(35-38)32-28-25-15-19(4-7-26(25)33-34-28)12-20-13-21(30)16-22(31)14-20/h4-7,13-18H,8-12H2,1-3H3,(H2,32,33,34,35). The monoisotopic (exact) mass is 515 g/mol. The SMILES string of the molecule is CC(C)n1nc(Nc2n[nH]c3ccc(Cc4cc(F)cc(F)c4)cc23)c2ccc(N3CCN(C)CC3)cc21. The maximum Gasteiger partial charge on any atom is 0.161 e. The molecule has 2 aromatic heterocycles. The van der Waals surface area contributed by atoms with Gasteiger partial charge in [0.05, 0.1) is 11.0 Å². The van der Waals surface area contributed by atoms with Crippen LogP contribution in [0.5, 0.6) is 0 Å². The van der Waals surface area contributed by atoms with Crippen LogP contribution in [-0.4, -0.2) is 58.1 Å². The van der Waals surface area contributed by atoms with Crippen LogP contribution in [0.15, 0.2) is 54.6 Å². The van der Waals surface area contributed by atoms with E-state index in [1.54, 1.807) is 0 Å². The predicted molar refractivity (Wildman–Crippen MR) is 148 cm³/mol. The fraction of sp³-hybridized carbons (Fsp3) is 0.310. The summed E-state index contributed by atoms with van der Waals surface area (Å²) >= 11 is 0. The predicted octanol–water partition coefficient (Wildman–Crippen LogP) is 5.86. The van der Waals surface area contributed by atoms with Crippen molar-refractivity contribution in [2.75, 3.05) is 43.4 Å². The van der Waals surface area contributed by atoms with Crippen molar-refractivity contribution < 1.29 is 8.78 Å². The topological polar surface area (TPSA) is 65.0 Å². The van der Waals surface area contributed by atoms with Crippen LogP contribution >= 0.6 is 0 Å². The molecule has 196 valence electrons. The lowest BCUT2D eigenvalue weighted by atomic mass is 10.0. The molecule has 0 saturated carbocycles. The van der Waals surface area contributed by atoms with Crippen molar-refractivity contribution in [1.29, 1.82) is 0 Å². The summed E-state index contributed by atoms with van der Waals surface area (Å²) in [5, 5.41) is 17.9. The first-order valence-electron chi connectivity index (χ1n) is 13.0. The number of benzene rings is 3. The summed E-state index contributed by atoms with van der Waals surface area (Å²) in [4.78, 5) is 4.78. The normalized spacial score (nSPS) is 14.7. The second-order valence-electron chi connectivity index (χ2n) is 10.4. The summed E-state index contributed by atoms with van der Waals surface area (Å²) in [5.74, 6) is 0.251. The average Bonchev–Trinajstić information content (AvgIpc) is 3.45. The fourth-order valence-corrected chi connectivity index (χ4v) is 5.20. The van der Waals surface area contributed by atoms with Crippen LogP contribution in [0, 0.1) is 11.6 Å². The highest BCUT2D eigenvalue weighted by atomic mass is 19.1. The third-order valence-corrected chi connectivity index (χ3v) is 7.24. The first-order chi connectivity index (χ1) is 18.3. The van der Waals surface area contributed by atoms with E-state index in [4.69, 9.17) is 5.10 Å². The third-order valence-electron chi connectivity index (χ3n) is 7.24. The molecule has 5 aromatic rings. The van der Waals surface area contributed by atoms with Crippen LogP contribution in [0.1, 0.15) is 31.0 Å². The van der Waals surface area contributed by atoms with Crippen LogP contribution in [0.25, 0.3) is 21.8 Å². The zero-order chi connectivity index (χ0) is 26.4. The summed E-state index contributed by atoms with van der Waals surface area (Å²) in [6.07, 6.45) is 0.412. The molecule has 0 atom stereocenters. The summed E-state index contributed by atoms with van der Waals surface area (Å²) < 4.78 is 29.4. The second kappa shape index (κ2) is 9.72. The van der Waals surface area contributed by atoms with E-state index in [2.05, 4.69) is 69.1 Å². The van der Waals surface area contributed by atoms with Crippen molar-refractivity contribution >= 4 is 39.1 Å². The Balaban J connectivity index is 1.33. The van der Waals surface area contributed by atoms with E-state index in [0.29, 0.717) is 17.8 Å². The van der Waals surface area contributed by atoms with E-state index in [1.165, 1.54) is 17.8 Å². The highest BCUT2D eigenvalue weighted by Gasteiger charge is 2.19. The molecule has 1 saturated heterocycles. The molecule has 7 nitrogen and oxygen atoms in total. The Labute approximate surface area is 220 Å². The summed E-state index contributed by atoms with van der Waals surface area (Å²) in [7, 11) is 2.16. The molecular weight excluding hydrogens is 484 g/mol. The molecule has 1 fully saturated rings. The van der Waals surface area contributed by atoms with Crippen molar-refractivity contribution in [3.05, 3.63) is 77.4 Å². The van der Waals surface area contributed by atoms with Crippen LogP contribution in [0.3, 0.4) is 0 Å². The summed E-state index contributed by atoms with van der Waals surface area (Å²) in [6, 6.07) is 16.2. The molecule has 1 aliphatic rings. The Morgan fingerprint density at radius 2 is 1.63 bits per heavy atom. The molecule has 3 heterocycles. The van der Waals surface area contributed by atoms with Crippen molar-refractivity contribution in [3.63, 3.8) is 0 Å². The molecule has 9 heteroatoms. The first-order valence-corrected chi connectivity index (χ1v) is 13.0. The van der Waals surface area contributed by atoms with Crippen molar-refractivity contribution in [2.45, 2.75) is 26.3 Å². The quantitative estimate of drug-likeness (QED) is 0.297. The largest absolute Gasteiger partial charge is 0.369 e. The number of hydrogen-bond acceptors (Lipinski definition) is 5. The van der Waals surface area contributed by atoms with E-state index < -0.39 is 11.6 Å². The molecule has 0 radical (unpaired) electrons. The minimum atomic E-state index is -0.574. The maximum absolute atomic E-state index is 13.7. The number of anilines is 3. The number of fused-ring (bicyclic) bond motifs is 2. The number of halogens is 2. The highest BCUT2D eigenvalue weighted by molar-refractivity contribution is 5.98. The van der Waals surface area contributed by atoms with Gasteiger partial charge in [0.1, 0.15) is 11.6 Å². The molecule has 0 amide bonds. The lowest BCUT2D eigenvalue weighted by Gasteiger charge is -2.34. The molecule has 38 heavy (non-hydrogen) atoms. The van der Waals surface area contributed by atoms with Gasteiger partial charge in [0.25, 0.3) is 0 Å². The fourth-order valence-electron chi connectivity index (χ4n) is 5.20. The number of H-pyrrole nitrogens is 1. The smallest absolute Gasteiger partial charge is 0.161 e. The van der Waals surface area contributed by atoms with Crippen LogP contribution in [0.4, 0.5) is 26.1 Å². The highest BCUT2D eigenvalue weighted by Crippen LogP contribution is 2.33. The van der Waals surface area contributed by atoms with E-state index in [0.717, 1.165) is 65.4 Å². The van der Waals surface area contributed by atoms with Gasteiger partial charge in [-0.15, -0.1) is 0 Å². The Kier molecular flexibility index (Phi) is 6.23. The number of hydrogen-bond donors (Lipinski definition) is 2. The van der Waals surface area contributed by atoms with Gasteiger partial charge in [-0.05, 0) is 80.9 Å². The van der Waals surface area contributed by atoms with E-state index in [-0.39, 0.29) is 6.04 Å². The second-order valence-corrected chi connectivity index (χ2v) is 10.4. The lowest BCUT2D eigenvalue weighted by Crippen LogP contribution is -2.44. The number of nitrogens with one attached hydrogen (secondary N) is 2. The van der Waals surface area contributed by atoms with Gasteiger partial charge in [-0.3, -0.25) is 9.78 Å². The number of aromatic nitrogens is 4. The molecular formula is C29H31F2N7. The maximum atomic E-state index is 13.7. The molecule has 0 aliphatic carbocycles. The zero-order valence-electron chi connectivity index (χ0n) is 21.8. The van der Waals surface area contributed by atoms with Crippen LogP contribution in [0.2, 0.25) is 0 Å². The number of rotatable bonds is 6. The first kappa shape index (κ1) is 24.4. The average molecular weight is 516 g/mol. The molecule has 3 aromatic carbocycles. The number of aromatic amines is 1. The van der Waals surface area contributed by atoms with Gasteiger partial charge in [-0.2, -0.15) is 10.2 Å². The number of piperazine rings is 1. The van der Waals surface area contributed by atoms with Gasteiger partial charge >= 0.3 is 0 Å². The van der Waals surface area contributed by atoms with Gasteiger partial charge in [0.2, 0.25) is 0 Å². The number of likely N-dealkylation sites (N-methyl/N-ethyl adjacent to an activating group) is 1.